The van der Waals surface area contributed by atoms with Crippen molar-refractivity contribution in [2.45, 2.75) is 6.54 Å². The summed E-state index contributed by atoms with van der Waals surface area (Å²) in [7, 11) is 3.36. The van der Waals surface area contributed by atoms with Gasteiger partial charge in [-0.15, -0.1) is 0 Å². The molecule has 2 aromatic carbocycles. The van der Waals surface area contributed by atoms with E-state index in [4.69, 9.17) is 4.74 Å². The molecular formula is C16H16BrNO2. The number of methoxy groups -OCH3 is 1. The molecule has 0 fully saturated rings. The number of hydrogen-bond acceptors (Lipinski definition) is 2. The monoisotopic (exact) mass is 333 g/mol. The summed E-state index contributed by atoms with van der Waals surface area (Å²) in [4.78, 5) is 14.1. The molecule has 3 nitrogen and oxygen atoms in total. The number of halogens is 1. The maximum atomic E-state index is 12.5. The van der Waals surface area contributed by atoms with Gasteiger partial charge < -0.3 is 9.64 Å². The Morgan fingerprint density at radius 1 is 1.15 bits per heavy atom. The number of para-hydroxylation sites is 1. The zero-order valence-corrected chi connectivity index (χ0v) is 13.1. The van der Waals surface area contributed by atoms with E-state index in [0.717, 1.165) is 10.0 Å². The van der Waals surface area contributed by atoms with Crippen LogP contribution in [0.4, 0.5) is 0 Å². The summed E-state index contributed by atoms with van der Waals surface area (Å²) in [6, 6.07) is 15.1. The molecule has 0 bridgehead atoms. The van der Waals surface area contributed by atoms with Crippen LogP contribution < -0.4 is 4.74 Å². The van der Waals surface area contributed by atoms with E-state index in [2.05, 4.69) is 15.9 Å². The van der Waals surface area contributed by atoms with Gasteiger partial charge in [-0.25, -0.2) is 0 Å². The van der Waals surface area contributed by atoms with Crippen molar-refractivity contribution in [2.75, 3.05) is 14.2 Å². The van der Waals surface area contributed by atoms with Gasteiger partial charge in [0.15, 0.2) is 0 Å². The van der Waals surface area contributed by atoms with Gasteiger partial charge in [0.2, 0.25) is 0 Å². The third-order valence-corrected chi connectivity index (χ3v) is 3.82. The van der Waals surface area contributed by atoms with Crippen LogP contribution in [0.1, 0.15) is 15.9 Å². The topological polar surface area (TPSA) is 29.5 Å². The van der Waals surface area contributed by atoms with E-state index < -0.39 is 0 Å². The lowest BCUT2D eigenvalue weighted by Gasteiger charge is -2.19. The largest absolute Gasteiger partial charge is 0.496 e. The first-order valence-corrected chi connectivity index (χ1v) is 7.04. The van der Waals surface area contributed by atoms with Crippen molar-refractivity contribution in [3.05, 3.63) is 64.1 Å². The van der Waals surface area contributed by atoms with Crippen molar-refractivity contribution in [1.82, 2.24) is 4.90 Å². The van der Waals surface area contributed by atoms with Crippen LogP contribution in [-0.2, 0) is 6.54 Å². The zero-order valence-electron chi connectivity index (χ0n) is 11.5. The third kappa shape index (κ3) is 3.20. The molecular weight excluding hydrogens is 318 g/mol. The average Bonchev–Trinajstić information content (AvgIpc) is 2.48. The first-order valence-electron chi connectivity index (χ1n) is 6.25. The van der Waals surface area contributed by atoms with Crippen LogP contribution in [0.2, 0.25) is 0 Å². The summed E-state index contributed by atoms with van der Waals surface area (Å²) in [5.41, 5.74) is 1.64. The summed E-state index contributed by atoms with van der Waals surface area (Å²) in [6.07, 6.45) is 0. The summed E-state index contributed by atoms with van der Waals surface area (Å²) in [5.74, 6) is 0.537. The number of carbonyl (C=O) groups excluding carboxylic acids is 1. The van der Waals surface area contributed by atoms with Gasteiger partial charge in [-0.3, -0.25) is 4.79 Å². The van der Waals surface area contributed by atoms with Crippen LogP contribution in [0.3, 0.4) is 0 Å². The molecule has 0 radical (unpaired) electrons. The normalized spacial score (nSPS) is 10.2. The quantitative estimate of drug-likeness (QED) is 0.853. The van der Waals surface area contributed by atoms with Crippen LogP contribution >= 0.6 is 15.9 Å². The SMILES string of the molecule is COc1ccccc1C(=O)N(C)Cc1ccccc1Br. The smallest absolute Gasteiger partial charge is 0.257 e. The van der Waals surface area contributed by atoms with Crippen molar-refractivity contribution in [3.8, 4) is 5.75 Å². The number of nitrogens with zero attached hydrogens (tertiary/aromatic N) is 1. The summed E-state index contributed by atoms with van der Waals surface area (Å²) >= 11 is 3.50. The van der Waals surface area contributed by atoms with Gasteiger partial charge in [-0.2, -0.15) is 0 Å². The zero-order chi connectivity index (χ0) is 14.5. The molecule has 0 unspecified atom stereocenters. The minimum atomic E-state index is -0.0572. The van der Waals surface area contributed by atoms with Crippen molar-refractivity contribution < 1.29 is 9.53 Å². The summed E-state index contributed by atoms with van der Waals surface area (Å²) in [6.45, 7) is 0.540. The molecule has 0 atom stereocenters. The minimum Gasteiger partial charge on any atom is -0.496 e. The molecule has 0 heterocycles. The molecule has 20 heavy (non-hydrogen) atoms. The van der Waals surface area contributed by atoms with Gasteiger partial charge in [-0.05, 0) is 23.8 Å². The molecule has 0 aliphatic rings. The van der Waals surface area contributed by atoms with Crippen LogP contribution in [0, 0.1) is 0 Å². The molecule has 0 saturated carbocycles. The molecule has 0 aromatic heterocycles. The number of ether oxygens (including phenoxy) is 1. The Kier molecular flexibility index (Phi) is 4.79. The highest BCUT2D eigenvalue weighted by Crippen LogP contribution is 2.21. The standard InChI is InChI=1S/C16H16BrNO2/c1-18(11-12-7-3-5-9-14(12)17)16(19)13-8-4-6-10-15(13)20-2/h3-10H,11H2,1-2H3. The fourth-order valence-electron chi connectivity index (χ4n) is 1.98. The Labute approximate surface area is 127 Å². The number of benzene rings is 2. The number of hydrogen-bond donors (Lipinski definition) is 0. The second kappa shape index (κ2) is 6.57. The lowest BCUT2D eigenvalue weighted by molar-refractivity contribution is 0.0781. The minimum absolute atomic E-state index is 0.0572. The maximum Gasteiger partial charge on any atom is 0.257 e. The molecule has 1 amide bonds. The molecule has 0 aliphatic carbocycles. The molecule has 0 aliphatic heterocycles. The lowest BCUT2D eigenvalue weighted by Crippen LogP contribution is -2.26. The Morgan fingerprint density at radius 2 is 1.80 bits per heavy atom. The predicted molar refractivity (Wildman–Crippen MR) is 82.9 cm³/mol. The highest BCUT2D eigenvalue weighted by molar-refractivity contribution is 9.10. The van der Waals surface area contributed by atoms with Gasteiger partial charge in [0, 0.05) is 18.1 Å². The molecule has 104 valence electrons. The van der Waals surface area contributed by atoms with Crippen LogP contribution in [-0.4, -0.2) is 25.0 Å². The van der Waals surface area contributed by atoms with E-state index >= 15 is 0 Å². The van der Waals surface area contributed by atoms with E-state index in [-0.39, 0.29) is 5.91 Å². The van der Waals surface area contributed by atoms with Gasteiger partial charge in [0.1, 0.15) is 5.75 Å². The van der Waals surface area contributed by atoms with Gasteiger partial charge in [0.05, 0.1) is 12.7 Å². The second-order valence-corrected chi connectivity index (χ2v) is 5.31. The van der Waals surface area contributed by atoms with E-state index in [1.807, 2.05) is 36.4 Å². The third-order valence-electron chi connectivity index (χ3n) is 3.05. The number of carbonyl (C=O) groups is 1. The van der Waals surface area contributed by atoms with E-state index in [0.29, 0.717) is 17.9 Å². The van der Waals surface area contributed by atoms with Gasteiger partial charge in [-0.1, -0.05) is 46.3 Å². The molecule has 2 aromatic rings. The predicted octanol–water partition coefficient (Wildman–Crippen LogP) is 3.73. The lowest BCUT2D eigenvalue weighted by atomic mass is 10.1. The number of rotatable bonds is 4. The highest BCUT2D eigenvalue weighted by Gasteiger charge is 2.16. The molecule has 0 N–H and O–H groups in total. The Morgan fingerprint density at radius 3 is 2.50 bits per heavy atom. The fourth-order valence-corrected chi connectivity index (χ4v) is 2.39. The first-order chi connectivity index (χ1) is 9.63. The van der Waals surface area contributed by atoms with E-state index in [9.17, 15) is 4.79 Å². The van der Waals surface area contributed by atoms with Crippen LogP contribution in [0.5, 0.6) is 5.75 Å². The average molecular weight is 334 g/mol. The fraction of sp³-hybridized carbons (Fsp3) is 0.188. The van der Waals surface area contributed by atoms with Crippen LogP contribution in [0.15, 0.2) is 53.0 Å². The number of amides is 1. The first kappa shape index (κ1) is 14.6. The van der Waals surface area contributed by atoms with Gasteiger partial charge >= 0.3 is 0 Å². The second-order valence-electron chi connectivity index (χ2n) is 4.45. The van der Waals surface area contributed by atoms with Crippen LogP contribution in [0.25, 0.3) is 0 Å². The molecule has 2 rings (SSSR count). The van der Waals surface area contributed by atoms with E-state index in [1.165, 1.54) is 0 Å². The van der Waals surface area contributed by atoms with Crippen molar-refractivity contribution in [3.63, 3.8) is 0 Å². The Hall–Kier alpha value is -1.81. The van der Waals surface area contributed by atoms with E-state index in [1.54, 1.807) is 31.2 Å². The molecule has 0 saturated heterocycles. The highest BCUT2D eigenvalue weighted by atomic mass is 79.9. The van der Waals surface area contributed by atoms with Crippen molar-refractivity contribution in [2.24, 2.45) is 0 Å². The molecule has 4 heteroatoms. The van der Waals surface area contributed by atoms with Crippen molar-refractivity contribution >= 4 is 21.8 Å². The Bertz CT molecular complexity index is 613. The summed E-state index contributed by atoms with van der Waals surface area (Å²) < 4.78 is 6.23. The van der Waals surface area contributed by atoms with Gasteiger partial charge in [0.25, 0.3) is 5.91 Å². The summed E-state index contributed by atoms with van der Waals surface area (Å²) in [5, 5.41) is 0. The molecule has 0 spiro atoms. The Balaban J connectivity index is 2.19. The van der Waals surface area contributed by atoms with Crippen molar-refractivity contribution in [1.29, 1.82) is 0 Å². The maximum absolute atomic E-state index is 12.5.